The van der Waals surface area contributed by atoms with Gasteiger partial charge in [-0.05, 0) is 35.7 Å². The number of aromatic nitrogens is 2. The third-order valence-electron chi connectivity index (χ3n) is 5.12. The predicted molar refractivity (Wildman–Crippen MR) is 122 cm³/mol. The first kappa shape index (κ1) is 20.8. The third-order valence-corrected chi connectivity index (χ3v) is 5.12. The molecule has 1 aromatic heterocycles. The second-order valence-electron chi connectivity index (χ2n) is 7.44. The van der Waals surface area contributed by atoms with Gasteiger partial charge in [0, 0.05) is 50.0 Å². The lowest BCUT2D eigenvalue weighted by Crippen LogP contribution is -2.35. The van der Waals surface area contributed by atoms with Crippen molar-refractivity contribution < 1.29 is 9.47 Å². The fourth-order valence-electron chi connectivity index (χ4n) is 3.30. The minimum Gasteiger partial charge on any atom is -0.424 e. The van der Waals surface area contributed by atoms with Gasteiger partial charge in [-0.1, -0.05) is 30.3 Å². The lowest BCUT2D eigenvalue weighted by molar-refractivity contribution is 0.0342. The van der Waals surface area contributed by atoms with Crippen LogP contribution in [0.2, 0.25) is 0 Å². The molecule has 0 spiro atoms. The molecule has 3 aromatic rings. The highest BCUT2D eigenvalue weighted by molar-refractivity contribution is 5.66. The Labute approximate surface area is 182 Å². The first-order chi connectivity index (χ1) is 15.2. The Hall–Kier alpha value is -3.42. The molecule has 7 nitrogen and oxygen atoms in total. The van der Waals surface area contributed by atoms with E-state index in [0.29, 0.717) is 17.5 Å². The number of hydrogen-bond donors (Lipinski definition) is 2. The van der Waals surface area contributed by atoms with Crippen molar-refractivity contribution >= 4 is 11.4 Å². The molecule has 160 valence electrons. The number of nitrogens with two attached hydrogens (primary N) is 1. The van der Waals surface area contributed by atoms with Crippen molar-refractivity contribution in [2.75, 3.05) is 31.6 Å². The Morgan fingerprint density at radius 1 is 1.13 bits per heavy atom. The van der Waals surface area contributed by atoms with Crippen molar-refractivity contribution in [2.45, 2.75) is 13.5 Å². The number of anilines is 1. The maximum Gasteiger partial charge on any atom is 0.321 e. The molecule has 4 rings (SSSR count). The summed E-state index contributed by atoms with van der Waals surface area (Å²) in [5.41, 5.74) is 11.0. The van der Waals surface area contributed by atoms with Crippen LogP contribution in [0.1, 0.15) is 16.7 Å². The fourth-order valence-corrected chi connectivity index (χ4v) is 3.30. The largest absolute Gasteiger partial charge is 0.424 e. The quantitative estimate of drug-likeness (QED) is 0.605. The predicted octanol–water partition coefficient (Wildman–Crippen LogP) is 3.78. The van der Waals surface area contributed by atoms with Crippen LogP contribution in [0.4, 0.5) is 5.69 Å². The molecule has 31 heavy (non-hydrogen) atoms. The van der Waals surface area contributed by atoms with Crippen molar-refractivity contribution in [1.29, 1.82) is 0 Å². The zero-order valence-corrected chi connectivity index (χ0v) is 17.6. The normalized spacial score (nSPS) is 14.9. The van der Waals surface area contributed by atoms with Gasteiger partial charge in [0.2, 0.25) is 0 Å². The molecule has 0 bridgehead atoms. The summed E-state index contributed by atoms with van der Waals surface area (Å²) in [6, 6.07) is 16.3. The van der Waals surface area contributed by atoms with Gasteiger partial charge in [0.25, 0.3) is 0 Å². The van der Waals surface area contributed by atoms with Crippen LogP contribution in [0.3, 0.4) is 0 Å². The number of benzene rings is 2. The highest BCUT2D eigenvalue weighted by atomic mass is 16.5. The first-order valence-corrected chi connectivity index (χ1v) is 10.3. The van der Waals surface area contributed by atoms with E-state index in [-0.39, 0.29) is 0 Å². The van der Waals surface area contributed by atoms with E-state index in [4.69, 9.17) is 15.2 Å². The van der Waals surface area contributed by atoms with Crippen LogP contribution in [0.25, 0.3) is 5.70 Å². The van der Waals surface area contributed by atoms with Crippen LogP contribution in [0, 0.1) is 6.92 Å². The molecule has 0 atom stereocenters. The Kier molecular flexibility index (Phi) is 6.76. The summed E-state index contributed by atoms with van der Waals surface area (Å²) >= 11 is 0. The topological polar surface area (TPSA) is 85.5 Å². The maximum atomic E-state index is 6.29. The highest BCUT2D eigenvalue weighted by Gasteiger charge is 2.10. The SMILES string of the molecule is Cc1ccc(N/C=C(\N)c2ccc(CN3CCOCC3)cc2)cc1Oc1ncccn1. The van der Waals surface area contributed by atoms with Gasteiger partial charge in [0.1, 0.15) is 5.75 Å². The number of aryl methyl sites for hydroxylation is 1. The van der Waals surface area contributed by atoms with Gasteiger partial charge in [0.15, 0.2) is 0 Å². The second-order valence-corrected chi connectivity index (χ2v) is 7.44. The molecule has 0 amide bonds. The molecule has 0 saturated carbocycles. The van der Waals surface area contributed by atoms with E-state index in [2.05, 4.69) is 44.5 Å². The smallest absolute Gasteiger partial charge is 0.321 e. The van der Waals surface area contributed by atoms with E-state index in [1.165, 1.54) is 5.56 Å². The van der Waals surface area contributed by atoms with Crippen molar-refractivity contribution in [3.8, 4) is 11.8 Å². The van der Waals surface area contributed by atoms with Crippen LogP contribution in [0.15, 0.2) is 67.1 Å². The van der Waals surface area contributed by atoms with E-state index in [0.717, 1.165) is 49.7 Å². The van der Waals surface area contributed by atoms with Gasteiger partial charge in [-0.2, -0.15) is 0 Å². The van der Waals surface area contributed by atoms with Gasteiger partial charge >= 0.3 is 6.01 Å². The van der Waals surface area contributed by atoms with Crippen LogP contribution in [-0.4, -0.2) is 41.2 Å². The highest BCUT2D eigenvalue weighted by Crippen LogP contribution is 2.26. The maximum absolute atomic E-state index is 6.29. The molecule has 1 aliphatic heterocycles. The molecular weight excluding hydrogens is 390 g/mol. The summed E-state index contributed by atoms with van der Waals surface area (Å²) in [4.78, 5) is 10.6. The first-order valence-electron chi connectivity index (χ1n) is 10.3. The molecule has 0 unspecified atom stereocenters. The van der Waals surface area contributed by atoms with E-state index in [1.807, 2.05) is 25.1 Å². The molecule has 3 N–H and O–H groups in total. The molecule has 7 heteroatoms. The summed E-state index contributed by atoms with van der Waals surface area (Å²) in [5, 5.41) is 3.25. The molecule has 2 aromatic carbocycles. The Bertz CT molecular complexity index is 1020. The Morgan fingerprint density at radius 3 is 2.61 bits per heavy atom. The number of nitrogens with zero attached hydrogens (tertiary/aromatic N) is 3. The minimum absolute atomic E-state index is 0.315. The molecule has 1 fully saturated rings. The molecule has 0 radical (unpaired) electrons. The van der Waals surface area contributed by atoms with Gasteiger partial charge in [-0.3, -0.25) is 4.90 Å². The monoisotopic (exact) mass is 417 g/mol. The van der Waals surface area contributed by atoms with Gasteiger partial charge in [0.05, 0.1) is 18.9 Å². The van der Waals surface area contributed by atoms with Crippen molar-refractivity contribution in [3.63, 3.8) is 0 Å². The summed E-state index contributed by atoms with van der Waals surface area (Å²) in [6.45, 7) is 6.49. The zero-order valence-electron chi connectivity index (χ0n) is 17.6. The average molecular weight is 418 g/mol. The number of ether oxygens (including phenoxy) is 2. The van der Waals surface area contributed by atoms with Crippen LogP contribution in [0.5, 0.6) is 11.8 Å². The van der Waals surface area contributed by atoms with E-state index < -0.39 is 0 Å². The van der Waals surface area contributed by atoms with Gasteiger partial charge in [-0.25, -0.2) is 9.97 Å². The number of morpholine rings is 1. The summed E-state index contributed by atoms with van der Waals surface area (Å²) in [7, 11) is 0. The fraction of sp³-hybridized carbons (Fsp3) is 0.250. The lowest BCUT2D eigenvalue weighted by atomic mass is 10.1. The van der Waals surface area contributed by atoms with E-state index >= 15 is 0 Å². The Morgan fingerprint density at radius 2 is 1.87 bits per heavy atom. The van der Waals surface area contributed by atoms with Crippen molar-refractivity contribution in [2.24, 2.45) is 5.73 Å². The molecule has 1 aliphatic rings. The average Bonchev–Trinajstić information content (AvgIpc) is 2.81. The molecular formula is C24H27N5O2. The molecule has 2 heterocycles. The standard InChI is InChI=1S/C24H27N5O2/c1-18-3-8-21(15-23(18)31-24-26-9-2-10-27-24)28-16-22(25)20-6-4-19(5-7-20)17-29-11-13-30-14-12-29/h2-10,15-16,28H,11-14,17,25H2,1H3/b22-16-. The molecule has 0 aliphatic carbocycles. The number of rotatable bonds is 7. The lowest BCUT2D eigenvalue weighted by Gasteiger charge is -2.26. The number of nitrogens with one attached hydrogen (secondary N) is 1. The summed E-state index contributed by atoms with van der Waals surface area (Å²) < 4.78 is 11.2. The third kappa shape index (κ3) is 5.81. The van der Waals surface area contributed by atoms with Crippen molar-refractivity contribution in [3.05, 3.63) is 83.8 Å². The Balaban J connectivity index is 1.39. The zero-order chi connectivity index (χ0) is 21.5. The second kappa shape index (κ2) is 10.1. The summed E-state index contributed by atoms with van der Waals surface area (Å²) in [6.07, 6.45) is 5.09. The van der Waals surface area contributed by atoms with Gasteiger partial charge < -0.3 is 20.5 Å². The number of hydrogen-bond acceptors (Lipinski definition) is 7. The van der Waals surface area contributed by atoms with Crippen LogP contribution < -0.4 is 15.8 Å². The van der Waals surface area contributed by atoms with Crippen LogP contribution >= 0.6 is 0 Å². The minimum atomic E-state index is 0.315. The van der Waals surface area contributed by atoms with Gasteiger partial charge in [-0.15, -0.1) is 0 Å². The summed E-state index contributed by atoms with van der Waals surface area (Å²) in [5.74, 6) is 0.690. The van der Waals surface area contributed by atoms with E-state index in [1.54, 1.807) is 24.7 Å². The van der Waals surface area contributed by atoms with E-state index in [9.17, 15) is 0 Å². The van der Waals surface area contributed by atoms with Crippen LogP contribution in [-0.2, 0) is 11.3 Å². The molecule has 1 saturated heterocycles. The van der Waals surface area contributed by atoms with Crippen molar-refractivity contribution in [1.82, 2.24) is 14.9 Å².